The molecule has 0 fully saturated rings. The fraction of sp³-hybridized carbons (Fsp3) is 0. The van der Waals surface area contributed by atoms with Gasteiger partial charge in [0.2, 0.25) is 0 Å². The first-order chi connectivity index (χ1) is 6.95. The number of aromatic nitrogens is 3. The van der Waals surface area contributed by atoms with Gasteiger partial charge in [-0.3, -0.25) is 4.98 Å². The highest BCUT2D eigenvalue weighted by Crippen LogP contribution is 2.04. The largest absolute Gasteiger partial charge is 0.265 e. The van der Waals surface area contributed by atoms with Crippen LogP contribution in [0.1, 0.15) is 11.1 Å². The molecular weight excluding hydrogens is 174 g/mol. The van der Waals surface area contributed by atoms with Crippen molar-refractivity contribution in [1.82, 2.24) is 15.0 Å². The van der Waals surface area contributed by atoms with Gasteiger partial charge in [-0.1, -0.05) is 12.2 Å². The lowest BCUT2D eigenvalue weighted by Gasteiger charge is -1.91. The third-order valence-electron chi connectivity index (χ3n) is 1.75. The molecule has 0 atom stereocenters. The lowest BCUT2D eigenvalue weighted by atomic mass is 10.2. The molecule has 2 heterocycles. The molecule has 2 rings (SSSR count). The van der Waals surface area contributed by atoms with Gasteiger partial charge in [0.1, 0.15) is 6.33 Å². The summed E-state index contributed by atoms with van der Waals surface area (Å²) in [7, 11) is 0. The first-order valence-corrected chi connectivity index (χ1v) is 4.28. The van der Waals surface area contributed by atoms with Crippen LogP contribution in [0, 0.1) is 0 Å². The number of pyridine rings is 1. The fourth-order valence-electron chi connectivity index (χ4n) is 1.06. The number of hydrogen-bond acceptors (Lipinski definition) is 3. The summed E-state index contributed by atoms with van der Waals surface area (Å²) < 4.78 is 0. The minimum atomic E-state index is 0.990. The quantitative estimate of drug-likeness (QED) is 0.715. The molecule has 68 valence electrons. The van der Waals surface area contributed by atoms with Crippen LogP contribution >= 0.6 is 0 Å². The third-order valence-corrected chi connectivity index (χ3v) is 1.75. The van der Waals surface area contributed by atoms with Gasteiger partial charge in [0.25, 0.3) is 0 Å². The summed E-state index contributed by atoms with van der Waals surface area (Å²) >= 11 is 0. The predicted molar refractivity (Wildman–Crippen MR) is 55.2 cm³/mol. The maximum atomic E-state index is 3.94. The molecule has 3 heteroatoms. The Morgan fingerprint density at radius 1 is 0.786 bits per heavy atom. The van der Waals surface area contributed by atoms with E-state index in [2.05, 4.69) is 15.0 Å². The first-order valence-electron chi connectivity index (χ1n) is 4.28. The Balaban J connectivity index is 2.16. The van der Waals surface area contributed by atoms with E-state index in [4.69, 9.17) is 0 Å². The Bertz CT molecular complexity index is 368. The van der Waals surface area contributed by atoms with E-state index in [0.29, 0.717) is 0 Å². The second-order valence-electron chi connectivity index (χ2n) is 2.79. The average molecular weight is 183 g/mol. The van der Waals surface area contributed by atoms with Crippen LogP contribution in [0.3, 0.4) is 0 Å². The standard InChI is InChI=1S/C11H9N3/c1(10-3-5-12-6-4-10)2-11-7-13-9-14-8-11/h1-9H/b2-1+. The van der Waals surface area contributed by atoms with Crippen LogP contribution in [-0.4, -0.2) is 15.0 Å². The Hall–Kier alpha value is -2.03. The minimum Gasteiger partial charge on any atom is -0.265 e. The van der Waals surface area contributed by atoms with Crippen molar-refractivity contribution in [3.05, 3.63) is 54.4 Å². The van der Waals surface area contributed by atoms with E-state index in [-0.39, 0.29) is 0 Å². The fourth-order valence-corrected chi connectivity index (χ4v) is 1.06. The van der Waals surface area contributed by atoms with Crippen LogP contribution in [-0.2, 0) is 0 Å². The number of hydrogen-bond donors (Lipinski definition) is 0. The molecule has 3 nitrogen and oxygen atoms in total. The molecule has 0 spiro atoms. The molecule has 0 radical (unpaired) electrons. The summed E-state index contributed by atoms with van der Waals surface area (Å²) in [5.41, 5.74) is 2.10. The van der Waals surface area contributed by atoms with E-state index in [1.807, 2.05) is 24.3 Å². The Kier molecular flexibility index (Phi) is 2.62. The third kappa shape index (κ3) is 2.23. The molecule has 0 unspecified atom stereocenters. The molecule has 0 aromatic carbocycles. The summed E-state index contributed by atoms with van der Waals surface area (Å²) in [6, 6.07) is 3.89. The number of rotatable bonds is 2. The van der Waals surface area contributed by atoms with E-state index >= 15 is 0 Å². The van der Waals surface area contributed by atoms with Crippen molar-refractivity contribution in [3.8, 4) is 0 Å². The van der Waals surface area contributed by atoms with Crippen LogP contribution in [0.25, 0.3) is 12.2 Å². The van der Waals surface area contributed by atoms with E-state index in [0.717, 1.165) is 11.1 Å². The summed E-state index contributed by atoms with van der Waals surface area (Å²) in [5.74, 6) is 0. The molecular formula is C11H9N3. The van der Waals surface area contributed by atoms with Crippen LogP contribution < -0.4 is 0 Å². The van der Waals surface area contributed by atoms with Crippen LogP contribution in [0.15, 0.2) is 43.2 Å². The van der Waals surface area contributed by atoms with Gasteiger partial charge in [-0.05, 0) is 17.7 Å². The maximum absolute atomic E-state index is 3.94. The summed E-state index contributed by atoms with van der Waals surface area (Å²) in [4.78, 5) is 11.8. The normalized spacial score (nSPS) is 10.6. The highest BCUT2D eigenvalue weighted by molar-refractivity contribution is 5.68. The van der Waals surface area contributed by atoms with Crippen LogP contribution in [0.5, 0.6) is 0 Å². The van der Waals surface area contributed by atoms with Gasteiger partial charge >= 0.3 is 0 Å². The zero-order valence-electron chi connectivity index (χ0n) is 7.54. The van der Waals surface area contributed by atoms with Crippen molar-refractivity contribution in [2.75, 3.05) is 0 Å². The molecule has 14 heavy (non-hydrogen) atoms. The average Bonchev–Trinajstić information content (AvgIpc) is 2.29. The second kappa shape index (κ2) is 4.28. The van der Waals surface area contributed by atoms with Crippen molar-refractivity contribution >= 4 is 12.2 Å². The lowest BCUT2D eigenvalue weighted by Crippen LogP contribution is -1.78. The Morgan fingerprint density at radius 3 is 2.14 bits per heavy atom. The van der Waals surface area contributed by atoms with E-state index < -0.39 is 0 Å². The molecule has 0 bridgehead atoms. The predicted octanol–water partition coefficient (Wildman–Crippen LogP) is 2.04. The molecule has 0 saturated carbocycles. The Labute approximate surface area is 82.2 Å². The molecule has 0 aliphatic heterocycles. The molecule has 0 saturated heterocycles. The van der Waals surface area contributed by atoms with Gasteiger partial charge < -0.3 is 0 Å². The minimum absolute atomic E-state index is 0.990. The SMILES string of the molecule is C(=C\c1cncnc1)/c1ccncc1. The zero-order chi connectivity index (χ0) is 9.64. The molecule has 2 aromatic heterocycles. The van der Waals surface area contributed by atoms with Gasteiger partial charge in [0.15, 0.2) is 0 Å². The first kappa shape index (κ1) is 8.56. The van der Waals surface area contributed by atoms with Crippen LogP contribution in [0.2, 0.25) is 0 Å². The smallest absolute Gasteiger partial charge is 0.115 e. The summed E-state index contributed by atoms with van der Waals surface area (Å²) in [6.45, 7) is 0. The molecule has 0 N–H and O–H groups in total. The van der Waals surface area contributed by atoms with Crippen molar-refractivity contribution in [3.63, 3.8) is 0 Å². The molecule has 0 aliphatic carbocycles. The van der Waals surface area contributed by atoms with E-state index in [9.17, 15) is 0 Å². The lowest BCUT2D eigenvalue weighted by molar-refractivity contribution is 1.16. The maximum Gasteiger partial charge on any atom is 0.115 e. The van der Waals surface area contributed by atoms with Crippen molar-refractivity contribution in [2.45, 2.75) is 0 Å². The highest BCUT2D eigenvalue weighted by Gasteiger charge is 1.86. The van der Waals surface area contributed by atoms with Gasteiger partial charge in [0, 0.05) is 30.4 Å². The second-order valence-corrected chi connectivity index (χ2v) is 2.79. The van der Waals surface area contributed by atoms with Gasteiger partial charge in [-0.2, -0.15) is 0 Å². The summed E-state index contributed by atoms with van der Waals surface area (Å²) in [6.07, 6.45) is 12.6. The molecule has 2 aromatic rings. The van der Waals surface area contributed by atoms with Crippen molar-refractivity contribution in [2.24, 2.45) is 0 Å². The van der Waals surface area contributed by atoms with Gasteiger partial charge in [-0.25, -0.2) is 9.97 Å². The topological polar surface area (TPSA) is 38.7 Å². The Morgan fingerprint density at radius 2 is 1.43 bits per heavy atom. The number of nitrogens with zero attached hydrogens (tertiary/aromatic N) is 3. The van der Waals surface area contributed by atoms with E-state index in [1.54, 1.807) is 24.8 Å². The highest BCUT2D eigenvalue weighted by atomic mass is 14.8. The zero-order valence-corrected chi connectivity index (χ0v) is 7.54. The molecule has 0 aliphatic rings. The van der Waals surface area contributed by atoms with Crippen LogP contribution in [0.4, 0.5) is 0 Å². The van der Waals surface area contributed by atoms with Crippen molar-refractivity contribution < 1.29 is 0 Å². The molecule has 0 amide bonds. The van der Waals surface area contributed by atoms with Gasteiger partial charge in [-0.15, -0.1) is 0 Å². The monoisotopic (exact) mass is 183 g/mol. The van der Waals surface area contributed by atoms with E-state index in [1.165, 1.54) is 6.33 Å². The summed E-state index contributed by atoms with van der Waals surface area (Å²) in [5, 5.41) is 0. The van der Waals surface area contributed by atoms with Gasteiger partial charge in [0.05, 0.1) is 0 Å². The van der Waals surface area contributed by atoms with Crippen molar-refractivity contribution in [1.29, 1.82) is 0 Å².